The van der Waals surface area contributed by atoms with E-state index in [1.54, 1.807) is 6.07 Å². The van der Waals surface area contributed by atoms with E-state index >= 15 is 0 Å². The Hall–Kier alpha value is -3.46. The van der Waals surface area contributed by atoms with Crippen LogP contribution in [-0.4, -0.2) is 32.5 Å². The fraction of sp³-hybridized carbons (Fsp3) is 0.586. The molecule has 0 saturated heterocycles. The van der Waals surface area contributed by atoms with Crippen LogP contribution in [-0.2, 0) is 20.2 Å². The van der Waals surface area contributed by atoms with Gasteiger partial charge < -0.3 is 5.32 Å². The molecular formula is C29H37N5O6S2. The molecule has 2 aliphatic rings. The molecule has 0 radical (unpaired) electrons. The number of nitrogens with one attached hydrogen (secondary N) is 1. The Morgan fingerprint density at radius 2 is 1.17 bits per heavy atom. The second-order valence-electron chi connectivity index (χ2n) is 12.3. The summed E-state index contributed by atoms with van der Waals surface area (Å²) in [5.74, 6) is 0. The molecule has 0 saturated carbocycles. The first-order valence-electron chi connectivity index (χ1n) is 13.6. The average molecular weight is 616 g/mol. The second kappa shape index (κ2) is 13.7. The van der Waals surface area contributed by atoms with Crippen molar-refractivity contribution >= 4 is 20.2 Å². The van der Waals surface area contributed by atoms with Gasteiger partial charge in [0.2, 0.25) is 0 Å². The molecule has 42 heavy (non-hydrogen) atoms. The monoisotopic (exact) mass is 615 g/mol. The van der Waals surface area contributed by atoms with Crippen LogP contribution in [0, 0.1) is 56.2 Å². The predicted octanol–water partition coefficient (Wildman–Crippen LogP) is 5.49. The lowest BCUT2D eigenvalue weighted by atomic mass is 9.71. The minimum Gasteiger partial charge on any atom is -0.387 e. The Morgan fingerprint density at radius 1 is 0.714 bits per heavy atom. The van der Waals surface area contributed by atoms with Crippen LogP contribution in [0.5, 0.6) is 0 Å². The van der Waals surface area contributed by atoms with E-state index in [0.717, 1.165) is 37.7 Å². The summed E-state index contributed by atoms with van der Waals surface area (Å²) in [6.07, 6.45) is 6.08. The van der Waals surface area contributed by atoms with Crippen molar-refractivity contribution < 1.29 is 25.9 Å². The molecule has 2 aliphatic carbocycles. The van der Waals surface area contributed by atoms with E-state index < -0.39 is 35.5 Å². The Balaban J connectivity index is 2.03. The highest BCUT2D eigenvalue weighted by Crippen LogP contribution is 2.45. The molecule has 0 fully saturated rings. The molecule has 0 amide bonds. The van der Waals surface area contributed by atoms with Crippen molar-refractivity contribution in [3.63, 3.8) is 0 Å². The topological polar surface area (TPSA) is 216 Å². The predicted molar refractivity (Wildman–Crippen MR) is 155 cm³/mol. The molecule has 0 atom stereocenters. The first-order valence-corrected chi connectivity index (χ1v) is 16.5. The quantitative estimate of drug-likeness (QED) is 0.150. The summed E-state index contributed by atoms with van der Waals surface area (Å²) in [6, 6.07) is 7.15. The molecular weight excluding hydrogens is 578 g/mol. The van der Waals surface area contributed by atoms with E-state index in [-0.39, 0.29) is 40.5 Å². The van der Waals surface area contributed by atoms with Crippen LogP contribution in [0.25, 0.3) is 0 Å². The minimum atomic E-state index is -4.77. The third kappa shape index (κ3) is 9.02. The molecule has 0 bridgehead atoms. The van der Waals surface area contributed by atoms with Crippen molar-refractivity contribution in [2.24, 2.45) is 10.8 Å². The van der Waals surface area contributed by atoms with E-state index in [1.807, 2.05) is 33.8 Å². The number of hydrogen-bond donors (Lipinski definition) is 3. The summed E-state index contributed by atoms with van der Waals surface area (Å²) in [4.78, 5) is -1.57. The Labute approximate surface area is 249 Å². The molecule has 0 aliphatic heterocycles. The van der Waals surface area contributed by atoms with Crippen LogP contribution in [0.15, 0.2) is 43.4 Å². The molecule has 3 N–H and O–H groups in total. The van der Waals surface area contributed by atoms with E-state index in [1.165, 1.54) is 6.07 Å². The fourth-order valence-corrected chi connectivity index (χ4v) is 6.92. The second-order valence-corrected chi connectivity index (χ2v) is 15.0. The zero-order chi connectivity index (χ0) is 31.9. The number of unbranched alkanes of at least 4 members (excludes halogenated alkanes) is 4. The average Bonchev–Trinajstić information content (AvgIpc) is 2.83. The van der Waals surface area contributed by atoms with Crippen LogP contribution < -0.4 is 5.32 Å². The lowest BCUT2D eigenvalue weighted by Crippen LogP contribution is -2.29. The number of nitrogens with zero attached hydrogens (tertiary/aromatic N) is 4. The summed E-state index contributed by atoms with van der Waals surface area (Å²) < 4.78 is 66.1. The molecule has 0 aromatic carbocycles. The zero-order valence-corrected chi connectivity index (χ0v) is 26.0. The molecule has 0 spiro atoms. The molecule has 0 heterocycles. The lowest BCUT2D eigenvalue weighted by Gasteiger charge is -2.33. The van der Waals surface area contributed by atoms with Crippen LogP contribution >= 0.6 is 0 Å². The van der Waals surface area contributed by atoms with Gasteiger partial charge in [-0.05, 0) is 55.8 Å². The number of rotatable bonds is 11. The number of allylic oxidation sites excluding steroid dienone is 8. The normalized spacial score (nSPS) is 21.0. The Bertz CT molecular complexity index is 1500. The highest BCUT2D eigenvalue weighted by Gasteiger charge is 2.36. The Morgan fingerprint density at radius 3 is 1.64 bits per heavy atom. The lowest BCUT2D eigenvalue weighted by molar-refractivity contribution is 0.337. The summed E-state index contributed by atoms with van der Waals surface area (Å²) in [5.41, 5.74) is 0.861. The van der Waals surface area contributed by atoms with E-state index in [0.29, 0.717) is 31.5 Å². The van der Waals surface area contributed by atoms with Gasteiger partial charge in [-0.1, -0.05) is 52.5 Å². The molecule has 0 unspecified atom stereocenters. The first kappa shape index (κ1) is 34.7. The number of nitriles is 4. The Kier molecular flexibility index (Phi) is 11.3. The van der Waals surface area contributed by atoms with Gasteiger partial charge in [-0.3, -0.25) is 9.11 Å². The van der Waals surface area contributed by atoms with Crippen molar-refractivity contribution in [3.05, 3.63) is 43.4 Å². The van der Waals surface area contributed by atoms with Gasteiger partial charge in [0.15, 0.2) is 9.81 Å². The van der Waals surface area contributed by atoms with E-state index in [9.17, 15) is 47.0 Å². The standard InChI is InChI=1S/C29H37N5O6S2/c1-28(2)12-20(23(16-30)21(13-28)26(18-32)41(35,36)37)10-8-6-5-7-9-11-34-25-15-29(3,4)14-22(24(25)17-31)27(19-33)42(38,39)40/h34H,5-15H2,1-4H3,(H,35,36,37)(H,38,39,40)/b26-21+,27-22+. The molecule has 2 rings (SSSR count). The summed E-state index contributed by atoms with van der Waals surface area (Å²) in [6.45, 7) is 8.17. The maximum absolute atomic E-state index is 11.8. The third-order valence-corrected chi connectivity index (χ3v) is 9.11. The van der Waals surface area contributed by atoms with Crippen molar-refractivity contribution in [1.82, 2.24) is 5.32 Å². The van der Waals surface area contributed by atoms with Gasteiger partial charge in [0.25, 0.3) is 0 Å². The van der Waals surface area contributed by atoms with Crippen LogP contribution in [0.2, 0.25) is 0 Å². The minimum absolute atomic E-state index is 0.0228. The maximum Gasteiger partial charge on any atom is 0.305 e. The van der Waals surface area contributed by atoms with Gasteiger partial charge in [-0.2, -0.15) is 37.9 Å². The molecule has 11 nitrogen and oxygen atoms in total. The van der Waals surface area contributed by atoms with Gasteiger partial charge in [0, 0.05) is 23.4 Å². The van der Waals surface area contributed by atoms with Crippen molar-refractivity contribution in [2.75, 3.05) is 6.54 Å². The highest BCUT2D eigenvalue weighted by molar-refractivity contribution is 7.90. The number of hydrogen-bond acceptors (Lipinski definition) is 9. The van der Waals surface area contributed by atoms with Gasteiger partial charge in [-0.25, -0.2) is 0 Å². The van der Waals surface area contributed by atoms with Gasteiger partial charge in [0.1, 0.15) is 18.2 Å². The van der Waals surface area contributed by atoms with Crippen LogP contribution in [0.3, 0.4) is 0 Å². The summed E-state index contributed by atoms with van der Waals surface area (Å²) in [5, 5.41) is 41.5. The third-order valence-electron chi connectivity index (χ3n) is 7.40. The van der Waals surface area contributed by atoms with Crippen molar-refractivity contribution in [1.29, 1.82) is 21.0 Å². The van der Waals surface area contributed by atoms with Gasteiger partial charge in [0.05, 0.1) is 17.2 Å². The smallest absolute Gasteiger partial charge is 0.305 e. The highest BCUT2D eigenvalue weighted by atomic mass is 32.2. The van der Waals surface area contributed by atoms with Crippen LogP contribution in [0.4, 0.5) is 0 Å². The van der Waals surface area contributed by atoms with Crippen LogP contribution in [0.1, 0.15) is 91.9 Å². The molecule has 226 valence electrons. The van der Waals surface area contributed by atoms with E-state index in [4.69, 9.17) is 0 Å². The largest absolute Gasteiger partial charge is 0.387 e. The summed E-state index contributed by atoms with van der Waals surface area (Å²) in [7, 11) is -9.53. The van der Waals surface area contributed by atoms with Crippen molar-refractivity contribution in [2.45, 2.75) is 91.9 Å². The zero-order valence-electron chi connectivity index (χ0n) is 24.4. The molecule has 13 heteroatoms. The van der Waals surface area contributed by atoms with E-state index in [2.05, 4.69) is 11.4 Å². The first-order chi connectivity index (χ1) is 19.4. The summed E-state index contributed by atoms with van der Waals surface area (Å²) >= 11 is 0. The molecule has 0 aromatic heterocycles. The van der Waals surface area contributed by atoms with Gasteiger partial charge >= 0.3 is 20.2 Å². The van der Waals surface area contributed by atoms with Gasteiger partial charge in [-0.15, -0.1) is 0 Å². The fourth-order valence-electron chi connectivity index (χ4n) is 5.72. The van der Waals surface area contributed by atoms with Crippen molar-refractivity contribution in [3.8, 4) is 24.3 Å². The molecule has 0 aromatic rings. The SMILES string of the molecule is CC1(C)CC(CCCCCCCNC2=C(C#N)/C(=C(\C#N)S(=O)(=O)O)CC(C)(C)C2)=C(C#N)/C(=C(\C#N)S(=O)(=O)O)C1. The maximum atomic E-state index is 11.8.